The summed E-state index contributed by atoms with van der Waals surface area (Å²) in [7, 11) is 2.15. The normalized spacial score (nSPS) is 16.1. The Morgan fingerprint density at radius 3 is 2.79 bits per heavy atom. The lowest BCUT2D eigenvalue weighted by Gasteiger charge is -2.28. The molecule has 1 aromatic carbocycles. The van der Waals surface area contributed by atoms with E-state index in [9.17, 15) is 0 Å². The minimum Gasteiger partial charge on any atom is -0.396 e. The Hall–Kier alpha value is -1.29. The van der Waals surface area contributed by atoms with Gasteiger partial charge in [-0.15, -0.1) is 0 Å². The quantitative estimate of drug-likeness (QED) is 0.911. The van der Waals surface area contributed by atoms with Crippen LogP contribution >= 0.6 is 15.9 Å². The van der Waals surface area contributed by atoms with Crippen LogP contribution in [0.1, 0.15) is 25.7 Å². The lowest BCUT2D eigenvalue weighted by molar-refractivity contribution is 0.655. The summed E-state index contributed by atoms with van der Waals surface area (Å²) < 4.78 is 1.06. The molecule has 1 aliphatic rings. The van der Waals surface area contributed by atoms with Gasteiger partial charge in [-0.2, -0.15) is 0 Å². The van der Waals surface area contributed by atoms with Gasteiger partial charge in [0.25, 0.3) is 0 Å². The Bertz CT molecular complexity index is 600. The first kappa shape index (κ1) is 12.7. The summed E-state index contributed by atoms with van der Waals surface area (Å²) in [5.74, 6) is 0. The zero-order chi connectivity index (χ0) is 13.4. The van der Waals surface area contributed by atoms with Crippen molar-refractivity contribution in [3.05, 3.63) is 28.9 Å². The van der Waals surface area contributed by atoms with Crippen molar-refractivity contribution in [1.82, 2.24) is 4.98 Å². The maximum atomic E-state index is 6.19. The highest BCUT2D eigenvalue weighted by atomic mass is 79.9. The maximum absolute atomic E-state index is 6.19. The van der Waals surface area contributed by atoms with Crippen LogP contribution < -0.4 is 10.6 Å². The second kappa shape index (κ2) is 5.00. The van der Waals surface area contributed by atoms with Crippen LogP contribution in [0.5, 0.6) is 0 Å². The average molecular weight is 320 g/mol. The van der Waals surface area contributed by atoms with Crippen LogP contribution in [-0.4, -0.2) is 18.1 Å². The summed E-state index contributed by atoms with van der Waals surface area (Å²) in [5, 5.41) is 1.13. The topological polar surface area (TPSA) is 42.1 Å². The molecule has 0 aliphatic heterocycles. The molecule has 1 saturated carbocycles. The largest absolute Gasteiger partial charge is 0.396 e. The van der Waals surface area contributed by atoms with Gasteiger partial charge >= 0.3 is 0 Å². The van der Waals surface area contributed by atoms with Crippen LogP contribution in [0.3, 0.4) is 0 Å². The first-order valence-corrected chi connectivity index (χ1v) is 7.52. The van der Waals surface area contributed by atoms with Gasteiger partial charge in [0.05, 0.1) is 23.1 Å². The number of anilines is 2. The van der Waals surface area contributed by atoms with Gasteiger partial charge in [0.1, 0.15) is 0 Å². The Morgan fingerprint density at radius 2 is 2.05 bits per heavy atom. The fraction of sp³-hybridized carbons (Fsp3) is 0.400. The zero-order valence-electron chi connectivity index (χ0n) is 11.1. The van der Waals surface area contributed by atoms with Crippen LogP contribution in [0, 0.1) is 0 Å². The van der Waals surface area contributed by atoms with Crippen molar-refractivity contribution in [1.29, 1.82) is 0 Å². The first-order chi connectivity index (χ1) is 9.16. The SMILES string of the molecule is CN(c1c(N)cnc2ccc(Br)cc12)C1CCCC1. The van der Waals surface area contributed by atoms with Gasteiger partial charge in [-0.1, -0.05) is 28.8 Å². The van der Waals surface area contributed by atoms with Gasteiger partial charge in [-0.3, -0.25) is 4.98 Å². The van der Waals surface area contributed by atoms with E-state index in [4.69, 9.17) is 5.73 Å². The van der Waals surface area contributed by atoms with E-state index in [1.165, 1.54) is 25.7 Å². The molecule has 1 aromatic heterocycles. The number of hydrogen-bond acceptors (Lipinski definition) is 3. The predicted molar refractivity (Wildman–Crippen MR) is 84.5 cm³/mol. The molecule has 1 aliphatic carbocycles. The van der Waals surface area contributed by atoms with E-state index in [2.05, 4.69) is 38.9 Å². The molecule has 4 heteroatoms. The van der Waals surface area contributed by atoms with Gasteiger partial charge in [0.15, 0.2) is 0 Å². The maximum Gasteiger partial charge on any atom is 0.0745 e. The summed E-state index contributed by atoms with van der Waals surface area (Å²) in [6.45, 7) is 0. The number of nitrogens with zero attached hydrogens (tertiary/aromatic N) is 2. The second-order valence-corrected chi connectivity index (χ2v) is 6.19. The number of fused-ring (bicyclic) bond motifs is 1. The van der Waals surface area contributed by atoms with Gasteiger partial charge < -0.3 is 10.6 Å². The smallest absolute Gasteiger partial charge is 0.0745 e. The third kappa shape index (κ3) is 2.29. The van der Waals surface area contributed by atoms with Crippen LogP contribution in [-0.2, 0) is 0 Å². The number of benzene rings is 1. The Balaban J connectivity index is 2.14. The number of pyridine rings is 1. The Morgan fingerprint density at radius 1 is 1.32 bits per heavy atom. The third-order valence-electron chi connectivity index (χ3n) is 4.06. The number of halogens is 1. The molecule has 1 fully saturated rings. The molecule has 0 unspecified atom stereocenters. The summed E-state index contributed by atoms with van der Waals surface area (Å²) in [5.41, 5.74) is 9.07. The monoisotopic (exact) mass is 319 g/mol. The minimum atomic E-state index is 0.604. The third-order valence-corrected chi connectivity index (χ3v) is 4.55. The lowest BCUT2D eigenvalue weighted by Crippen LogP contribution is -2.29. The molecule has 19 heavy (non-hydrogen) atoms. The molecule has 0 bridgehead atoms. The molecule has 2 aromatic rings. The van der Waals surface area contributed by atoms with Crippen molar-refractivity contribution in [3.8, 4) is 0 Å². The van der Waals surface area contributed by atoms with Crippen molar-refractivity contribution >= 4 is 38.2 Å². The zero-order valence-corrected chi connectivity index (χ0v) is 12.7. The fourth-order valence-corrected chi connectivity index (χ4v) is 3.40. The fourth-order valence-electron chi connectivity index (χ4n) is 3.03. The van der Waals surface area contributed by atoms with Crippen LogP contribution in [0.15, 0.2) is 28.9 Å². The second-order valence-electron chi connectivity index (χ2n) is 5.27. The number of rotatable bonds is 2. The molecule has 0 radical (unpaired) electrons. The molecular weight excluding hydrogens is 302 g/mol. The Labute approximate surface area is 121 Å². The molecule has 3 nitrogen and oxygen atoms in total. The van der Waals surface area contributed by atoms with Crippen molar-refractivity contribution in [2.24, 2.45) is 0 Å². The number of aromatic nitrogens is 1. The van der Waals surface area contributed by atoms with E-state index in [1.54, 1.807) is 6.20 Å². The highest BCUT2D eigenvalue weighted by Gasteiger charge is 2.22. The summed E-state index contributed by atoms with van der Waals surface area (Å²) in [6.07, 6.45) is 6.93. The summed E-state index contributed by atoms with van der Waals surface area (Å²) in [4.78, 5) is 6.77. The highest BCUT2D eigenvalue weighted by molar-refractivity contribution is 9.10. The summed E-state index contributed by atoms with van der Waals surface area (Å²) in [6, 6.07) is 6.77. The first-order valence-electron chi connectivity index (χ1n) is 6.73. The van der Waals surface area contributed by atoms with Gasteiger partial charge in [-0.25, -0.2) is 0 Å². The molecule has 0 saturated heterocycles. The van der Waals surface area contributed by atoms with E-state index >= 15 is 0 Å². The lowest BCUT2D eigenvalue weighted by atomic mass is 10.1. The molecule has 100 valence electrons. The van der Waals surface area contributed by atoms with E-state index in [1.807, 2.05) is 12.1 Å². The molecule has 3 rings (SSSR count). The van der Waals surface area contributed by atoms with Gasteiger partial charge in [-0.05, 0) is 31.0 Å². The minimum absolute atomic E-state index is 0.604. The van der Waals surface area contributed by atoms with Crippen LogP contribution in [0.25, 0.3) is 10.9 Å². The van der Waals surface area contributed by atoms with Crippen molar-refractivity contribution in [2.45, 2.75) is 31.7 Å². The van der Waals surface area contributed by atoms with Crippen molar-refractivity contribution < 1.29 is 0 Å². The van der Waals surface area contributed by atoms with Crippen molar-refractivity contribution in [3.63, 3.8) is 0 Å². The van der Waals surface area contributed by atoms with Gasteiger partial charge in [0.2, 0.25) is 0 Å². The molecule has 0 atom stereocenters. The number of nitrogens with two attached hydrogens (primary N) is 1. The molecule has 2 N–H and O–H groups in total. The van der Waals surface area contributed by atoms with E-state index in [0.717, 1.165) is 26.8 Å². The molecule has 0 amide bonds. The van der Waals surface area contributed by atoms with Crippen LogP contribution in [0.2, 0.25) is 0 Å². The average Bonchev–Trinajstić information content (AvgIpc) is 2.91. The number of hydrogen-bond donors (Lipinski definition) is 1. The Kier molecular flexibility index (Phi) is 3.35. The number of nitrogen functional groups attached to an aromatic ring is 1. The van der Waals surface area contributed by atoms with Crippen LogP contribution in [0.4, 0.5) is 11.4 Å². The molecular formula is C15H18BrN3. The molecule has 0 spiro atoms. The highest BCUT2D eigenvalue weighted by Crippen LogP contribution is 2.36. The molecule has 1 heterocycles. The van der Waals surface area contributed by atoms with E-state index in [0.29, 0.717) is 6.04 Å². The van der Waals surface area contributed by atoms with E-state index in [-0.39, 0.29) is 0 Å². The van der Waals surface area contributed by atoms with Gasteiger partial charge in [0, 0.05) is 22.9 Å². The summed E-state index contributed by atoms with van der Waals surface area (Å²) >= 11 is 3.54. The predicted octanol–water partition coefficient (Wildman–Crippen LogP) is 3.96. The van der Waals surface area contributed by atoms with E-state index < -0.39 is 0 Å². The standard InChI is InChI=1S/C15H18BrN3/c1-19(11-4-2-3-5-11)15-12-8-10(16)6-7-14(12)18-9-13(15)17/h6-9,11H,2-5,17H2,1H3. The van der Waals surface area contributed by atoms with Crippen molar-refractivity contribution in [2.75, 3.05) is 17.7 Å².